The number of para-hydroxylation sites is 4. The number of amides is 5. The molecule has 0 radical (unpaired) electrons. The average Bonchev–Trinajstić information content (AvgIpc) is 3.48. The van der Waals surface area contributed by atoms with Crippen molar-refractivity contribution in [2.24, 2.45) is 0 Å². The van der Waals surface area contributed by atoms with Gasteiger partial charge in [-0.2, -0.15) is 0 Å². The van der Waals surface area contributed by atoms with Gasteiger partial charge < -0.3 is 52.2 Å². The number of anilines is 6. The third-order valence-electron chi connectivity index (χ3n) is 13.3. The number of benzene rings is 6. The molecular formula is C67H84N10O6. The fourth-order valence-electron chi connectivity index (χ4n) is 8.65. The fourth-order valence-corrected chi connectivity index (χ4v) is 8.65. The first-order chi connectivity index (χ1) is 39.1. The van der Waals surface area contributed by atoms with Crippen LogP contribution >= 0.6 is 0 Å². The lowest BCUT2D eigenvalue weighted by molar-refractivity contribution is -0.119. The third kappa shape index (κ3) is 19.4. The van der Waals surface area contributed by atoms with Gasteiger partial charge in [0.2, 0.25) is 17.7 Å². The number of carbonyl (C=O) groups excluding carboxylic acids is 5. The van der Waals surface area contributed by atoms with Crippen molar-refractivity contribution in [2.45, 2.75) is 90.8 Å². The summed E-state index contributed by atoms with van der Waals surface area (Å²) in [4.78, 5) is 76.7. The molecule has 0 aromatic heterocycles. The van der Waals surface area contributed by atoms with E-state index in [1.807, 2.05) is 111 Å². The zero-order valence-corrected chi connectivity index (χ0v) is 50.4. The van der Waals surface area contributed by atoms with Crippen molar-refractivity contribution in [3.63, 3.8) is 0 Å². The standard InChI is InChI=1S/C67H84N10O6/c1-65(2,3)49-31-35-51(36-32-49)71-62(80)59(69-40-42-75(10)11)47-27-22-45(23-28-47)26-39-58(78)73-55-20-16-17-21-56(55)77(64(82)83-67(7,8)9)57(61(79)74-54-19-15-14-18-53(54)68)44-46-24-29-48(30-25-46)60(70-41-43-76(12)13)63(81)72-52-37-33-50(34-38-52)66(4,5)6/h14-39,44,59-60,69-70H,40-43,68H2,1-13H3,(H,71,80)(H,72,81)(H,73,78)(H,74,79)/b39-26+,57-44+. The van der Waals surface area contributed by atoms with E-state index in [4.69, 9.17) is 10.5 Å². The second kappa shape index (κ2) is 28.5. The molecule has 0 bridgehead atoms. The van der Waals surface area contributed by atoms with Crippen LogP contribution in [0.25, 0.3) is 12.2 Å². The van der Waals surface area contributed by atoms with E-state index < -0.39 is 35.6 Å². The van der Waals surface area contributed by atoms with E-state index in [-0.39, 0.29) is 39.7 Å². The van der Waals surface area contributed by atoms with Gasteiger partial charge in [0.25, 0.3) is 5.91 Å². The summed E-state index contributed by atoms with van der Waals surface area (Å²) in [6.07, 6.45) is 3.62. The minimum atomic E-state index is -1.02. The number of nitrogens with zero attached hydrogens (tertiary/aromatic N) is 3. The van der Waals surface area contributed by atoms with Crippen LogP contribution in [0.2, 0.25) is 0 Å². The highest BCUT2D eigenvalue weighted by atomic mass is 16.6. The van der Waals surface area contributed by atoms with Crippen LogP contribution in [0.5, 0.6) is 0 Å². The van der Waals surface area contributed by atoms with Crippen LogP contribution in [0, 0.1) is 0 Å². The Morgan fingerprint density at radius 1 is 0.530 bits per heavy atom. The normalized spacial score (nSPS) is 12.9. The molecular weight excluding hydrogens is 1040 g/mol. The molecule has 438 valence electrons. The smallest absolute Gasteiger partial charge is 0.419 e. The van der Waals surface area contributed by atoms with E-state index in [0.29, 0.717) is 65.6 Å². The Morgan fingerprint density at radius 2 is 0.976 bits per heavy atom. The van der Waals surface area contributed by atoms with E-state index in [2.05, 4.69) is 73.4 Å². The summed E-state index contributed by atoms with van der Waals surface area (Å²) in [5.74, 6) is -1.72. The molecule has 0 spiro atoms. The third-order valence-corrected chi connectivity index (χ3v) is 13.3. The number of nitrogen functional groups attached to an aromatic ring is 1. The Kier molecular flexibility index (Phi) is 21.9. The van der Waals surface area contributed by atoms with Gasteiger partial charge in [0.05, 0.1) is 22.7 Å². The zero-order valence-electron chi connectivity index (χ0n) is 50.4. The molecule has 83 heavy (non-hydrogen) atoms. The number of rotatable bonds is 22. The summed E-state index contributed by atoms with van der Waals surface area (Å²) in [6, 6.07) is 42.1. The molecule has 6 aromatic carbocycles. The molecule has 16 nitrogen and oxygen atoms in total. The van der Waals surface area contributed by atoms with Crippen LogP contribution in [0.4, 0.5) is 38.9 Å². The Balaban J connectivity index is 1.31. The maximum absolute atomic E-state index is 14.9. The second-order valence-corrected chi connectivity index (χ2v) is 24.1. The van der Waals surface area contributed by atoms with E-state index in [1.54, 1.807) is 99.6 Å². The Labute approximate surface area is 490 Å². The summed E-state index contributed by atoms with van der Waals surface area (Å²) in [5, 5.41) is 18.8. The minimum Gasteiger partial charge on any atom is -0.443 e. The summed E-state index contributed by atoms with van der Waals surface area (Å²) >= 11 is 0. The molecule has 0 saturated carbocycles. The van der Waals surface area contributed by atoms with Gasteiger partial charge in [-0.1, -0.05) is 139 Å². The number of nitrogens with one attached hydrogen (secondary N) is 6. The lowest BCUT2D eigenvalue weighted by Crippen LogP contribution is -2.40. The molecule has 2 unspecified atom stereocenters. The summed E-state index contributed by atoms with van der Waals surface area (Å²) in [5.41, 5.74) is 12.2. The highest BCUT2D eigenvalue weighted by molar-refractivity contribution is 6.17. The molecule has 8 N–H and O–H groups in total. The maximum Gasteiger partial charge on any atom is 0.419 e. The quantitative estimate of drug-likeness (QED) is 0.0252. The zero-order chi connectivity index (χ0) is 60.6. The van der Waals surface area contributed by atoms with E-state index in [9.17, 15) is 24.0 Å². The average molecular weight is 1130 g/mol. The van der Waals surface area contributed by atoms with E-state index >= 15 is 0 Å². The first kappa shape index (κ1) is 63.8. The first-order valence-corrected chi connectivity index (χ1v) is 27.9. The largest absolute Gasteiger partial charge is 0.443 e. The molecule has 0 heterocycles. The predicted octanol–water partition coefficient (Wildman–Crippen LogP) is 11.6. The Hall–Kier alpha value is -8.41. The highest BCUT2D eigenvalue weighted by Gasteiger charge is 2.33. The van der Waals surface area contributed by atoms with Gasteiger partial charge in [0, 0.05) is 43.6 Å². The van der Waals surface area contributed by atoms with Crippen molar-refractivity contribution in [1.29, 1.82) is 0 Å². The lowest BCUT2D eigenvalue weighted by atomic mass is 9.87. The van der Waals surface area contributed by atoms with Crippen molar-refractivity contribution in [3.8, 4) is 0 Å². The molecule has 0 aliphatic carbocycles. The monoisotopic (exact) mass is 1120 g/mol. The van der Waals surface area contributed by atoms with Gasteiger partial charge in [0.15, 0.2) is 0 Å². The molecule has 6 rings (SSSR count). The van der Waals surface area contributed by atoms with Crippen LogP contribution in [-0.4, -0.2) is 99.5 Å². The molecule has 0 aliphatic rings. The molecule has 6 aromatic rings. The molecule has 0 fully saturated rings. The van der Waals surface area contributed by atoms with Gasteiger partial charge in [-0.25, -0.2) is 9.69 Å². The van der Waals surface area contributed by atoms with Crippen molar-refractivity contribution in [3.05, 3.63) is 191 Å². The molecule has 0 saturated heterocycles. The van der Waals surface area contributed by atoms with Gasteiger partial charge >= 0.3 is 6.09 Å². The lowest BCUT2D eigenvalue weighted by Gasteiger charge is -2.30. The number of hydrogen-bond donors (Lipinski definition) is 7. The topological polar surface area (TPSA) is 202 Å². The number of nitrogens with two attached hydrogens (primary N) is 1. The summed E-state index contributed by atoms with van der Waals surface area (Å²) in [7, 11) is 7.86. The number of hydrogen-bond acceptors (Lipinski definition) is 11. The predicted molar refractivity (Wildman–Crippen MR) is 339 cm³/mol. The van der Waals surface area contributed by atoms with Crippen LogP contribution in [0.3, 0.4) is 0 Å². The minimum absolute atomic E-state index is 0.0279. The van der Waals surface area contributed by atoms with Crippen molar-refractivity contribution in [1.82, 2.24) is 20.4 Å². The fraction of sp³-hybridized carbons (Fsp3) is 0.328. The van der Waals surface area contributed by atoms with Gasteiger partial charge in [0.1, 0.15) is 23.4 Å². The number of ether oxygens (including phenoxy) is 1. The molecule has 16 heteroatoms. The highest BCUT2D eigenvalue weighted by Crippen LogP contribution is 2.34. The Morgan fingerprint density at radius 3 is 1.42 bits per heavy atom. The van der Waals surface area contributed by atoms with Crippen LogP contribution < -0.4 is 42.5 Å². The van der Waals surface area contributed by atoms with Crippen LogP contribution in [0.15, 0.2) is 157 Å². The molecule has 2 atom stereocenters. The molecule has 0 aliphatic heterocycles. The van der Waals surface area contributed by atoms with Crippen LogP contribution in [0.1, 0.15) is 108 Å². The van der Waals surface area contributed by atoms with Gasteiger partial charge in [-0.15, -0.1) is 0 Å². The molecule has 5 amide bonds. The Bertz CT molecular complexity index is 3220. The van der Waals surface area contributed by atoms with Gasteiger partial charge in [-0.05, 0) is 154 Å². The maximum atomic E-state index is 14.9. The number of likely N-dealkylation sites (N-methyl/N-ethyl adjacent to an activating group) is 2. The first-order valence-electron chi connectivity index (χ1n) is 27.9. The SMILES string of the molecule is CN(C)CCNC(C(=O)Nc1ccc(C(C)(C)C)cc1)c1ccc(/C=C/C(=O)Nc2ccccc2N(C(=O)OC(C)(C)C)/C(=C/c2ccc(C(NCCN(C)C)C(=O)Nc3ccc(C(C)(C)C)cc3)cc2)C(=O)Nc2ccccc2N)cc1. The summed E-state index contributed by atoms with van der Waals surface area (Å²) < 4.78 is 6.01. The number of carbonyl (C=O) groups is 5. The van der Waals surface area contributed by atoms with Gasteiger partial charge in [-0.3, -0.25) is 19.2 Å². The van der Waals surface area contributed by atoms with Crippen molar-refractivity contribution >= 4 is 76.0 Å². The second-order valence-electron chi connectivity index (χ2n) is 24.1. The van der Waals surface area contributed by atoms with Crippen molar-refractivity contribution in [2.75, 3.05) is 86.3 Å². The van der Waals surface area contributed by atoms with E-state index in [1.165, 1.54) is 12.2 Å². The van der Waals surface area contributed by atoms with Crippen molar-refractivity contribution < 1.29 is 28.7 Å². The summed E-state index contributed by atoms with van der Waals surface area (Å²) in [6.45, 7) is 20.4. The van der Waals surface area contributed by atoms with E-state index in [0.717, 1.165) is 21.6 Å². The van der Waals surface area contributed by atoms with Crippen LogP contribution in [-0.2, 0) is 34.7 Å².